The highest BCUT2D eigenvalue weighted by Crippen LogP contribution is 2.26. The number of anilines is 2. The molecule has 3 aromatic rings. The summed E-state index contributed by atoms with van der Waals surface area (Å²) in [6, 6.07) is 12.8. The average Bonchev–Trinajstić information content (AvgIpc) is 3.21. The topological polar surface area (TPSA) is 83.5 Å². The number of carbonyl (C=O) groups is 1. The molecular formula is C21H23N3O3S. The van der Waals surface area contributed by atoms with Crippen LogP contribution >= 0.6 is 11.3 Å². The van der Waals surface area contributed by atoms with Crippen LogP contribution < -0.4 is 15.4 Å². The summed E-state index contributed by atoms with van der Waals surface area (Å²) in [4.78, 5) is 17.3. The summed E-state index contributed by atoms with van der Waals surface area (Å²) < 4.78 is 5.21. The maximum absolute atomic E-state index is 12.7. The highest BCUT2D eigenvalue weighted by molar-refractivity contribution is 7.09. The third-order valence-electron chi connectivity index (χ3n) is 4.19. The number of aliphatic hydroxyl groups excluding tert-OH is 1. The first-order chi connectivity index (χ1) is 13.6. The van der Waals surface area contributed by atoms with Gasteiger partial charge in [-0.3, -0.25) is 4.79 Å². The van der Waals surface area contributed by atoms with E-state index in [1.54, 1.807) is 36.6 Å². The molecule has 0 unspecified atom stereocenters. The summed E-state index contributed by atoms with van der Waals surface area (Å²) in [5.74, 6) is 0.397. The van der Waals surface area contributed by atoms with E-state index in [-0.39, 0.29) is 12.5 Å². The van der Waals surface area contributed by atoms with Gasteiger partial charge in [0.15, 0.2) is 0 Å². The molecule has 0 saturated heterocycles. The molecule has 1 heterocycles. The molecule has 3 N–H and O–H groups in total. The fraction of sp³-hybridized carbons (Fsp3) is 0.238. The molecule has 0 aliphatic rings. The van der Waals surface area contributed by atoms with E-state index in [1.807, 2.05) is 29.6 Å². The number of aryl methyl sites for hydroxylation is 1. The fourth-order valence-corrected chi connectivity index (χ4v) is 3.47. The van der Waals surface area contributed by atoms with Crippen LogP contribution in [0.5, 0.6) is 5.75 Å². The molecule has 7 heteroatoms. The molecule has 0 fully saturated rings. The van der Waals surface area contributed by atoms with Crippen molar-refractivity contribution in [1.29, 1.82) is 0 Å². The molecule has 6 nitrogen and oxygen atoms in total. The first kappa shape index (κ1) is 19.9. The molecular weight excluding hydrogens is 374 g/mol. The summed E-state index contributed by atoms with van der Waals surface area (Å²) in [5.41, 5.74) is 3.75. The van der Waals surface area contributed by atoms with Crippen LogP contribution in [0.2, 0.25) is 0 Å². The van der Waals surface area contributed by atoms with Gasteiger partial charge in [-0.25, -0.2) is 4.98 Å². The van der Waals surface area contributed by atoms with Gasteiger partial charge in [0, 0.05) is 29.2 Å². The Bertz CT molecular complexity index is 938. The standard InChI is InChI=1S/C21H23N3O3S/c1-3-20-24-19(13-28-20)14-4-6-15(7-5-14)23-21(26)17-9-8-16(27-2)12-18(17)22-10-11-25/h4-9,12-13,22,25H,3,10-11H2,1-2H3,(H,23,26). The third kappa shape index (κ3) is 4.68. The normalized spacial score (nSPS) is 10.5. The van der Waals surface area contributed by atoms with E-state index < -0.39 is 0 Å². The molecule has 0 aliphatic carbocycles. The maximum Gasteiger partial charge on any atom is 0.257 e. The Hall–Kier alpha value is -2.90. The zero-order chi connectivity index (χ0) is 19.9. The quantitative estimate of drug-likeness (QED) is 0.534. The SMILES string of the molecule is CCc1nc(-c2ccc(NC(=O)c3ccc(OC)cc3NCCO)cc2)cs1. The largest absolute Gasteiger partial charge is 0.497 e. The molecule has 0 bridgehead atoms. The van der Waals surface area contributed by atoms with Crippen LogP contribution in [0.4, 0.5) is 11.4 Å². The highest BCUT2D eigenvalue weighted by atomic mass is 32.1. The van der Waals surface area contributed by atoms with Crippen molar-refractivity contribution in [3.63, 3.8) is 0 Å². The number of rotatable bonds is 8. The van der Waals surface area contributed by atoms with E-state index in [1.165, 1.54) is 0 Å². The average molecular weight is 398 g/mol. The molecule has 0 aliphatic heterocycles. The summed E-state index contributed by atoms with van der Waals surface area (Å²) in [6.07, 6.45) is 0.924. The number of carbonyl (C=O) groups excluding carboxylic acids is 1. The van der Waals surface area contributed by atoms with Gasteiger partial charge in [0.05, 0.1) is 35.7 Å². The minimum absolute atomic E-state index is 0.0317. The summed E-state index contributed by atoms with van der Waals surface area (Å²) in [6.45, 7) is 2.40. The van der Waals surface area contributed by atoms with Crippen LogP contribution in [0.15, 0.2) is 47.8 Å². The van der Waals surface area contributed by atoms with Crippen molar-refractivity contribution in [2.75, 3.05) is 30.9 Å². The molecule has 0 saturated carbocycles. The minimum Gasteiger partial charge on any atom is -0.497 e. The molecule has 1 amide bonds. The number of hydrogen-bond donors (Lipinski definition) is 3. The van der Waals surface area contributed by atoms with Crippen molar-refractivity contribution in [2.24, 2.45) is 0 Å². The Morgan fingerprint density at radius 3 is 2.64 bits per heavy atom. The fourth-order valence-electron chi connectivity index (χ4n) is 2.71. The molecule has 0 atom stereocenters. The van der Waals surface area contributed by atoms with Gasteiger partial charge in [-0.05, 0) is 30.7 Å². The van der Waals surface area contributed by atoms with Gasteiger partial charge in [0.1, 0.15) is 5.75 Å². The third-order valence-corrected chi connectivity index (χ3v) is 5.18. The first-order valence-electron chi connectivity index (χ1n) is 9.03. The van der Waals surface area contributed by atoms with Crippen LogP contribution in [0.25, 0.3) is 11.3 Å². The summed E-state index contributed by atoms with van der Waals surface area (Å²) >= 11 is 1.65. The van der Waals surface area contributed by atoms with Gasteiger partial charge < -0.3 is 20.5 Å². The predicted molar refractivity (Wildman–Crippen MR) is 113 cm³/mol. The van der Waals surface area contributed by atoms with Crippen LogP contribution in [0.3, 0.4) is 0 Å². The highest BCUT2D eigenvalue weighted by Gasteiger charge is 2.13. The molecule has 146 valence electrons. The van der Waals surface area contributed by atoms with E-state index in [0.717, 1.165) is 22.7 Å². The molecule has 0 spiro atoms. The maximum atomic E-state index is 12.7. The minimum atomic E-state index is -0.238. The number of aromatic nitrogens is 1. The lowest BCUT2D eigenvalue weighted by atomic mass is 10.1. The van der Waals surface area contributed by atoms with Crippen LogP contribution in [0.1, 0.15) is 22.3 Å². The van der Waals surface area contributed by atoms with Crippen molar-refractivity contribution >= 4 is 28.6 Å². The lowest BCUT2D eigenvalue weighted by molar-refractivity contribution is 0.102. The lowest BCUT2D eigenvalue weighted by Gasteiger charge is -2.13. The summed E-state index contributed by atoms with van der Waals surface area (Å²) in [5, 5.41) is 18.2. The Balaban J connectivity index is 1.75. The van der Waals surface area contributed by atoms with E-state index >= 15 is 0 Å². The first-order valence-corrected chi connectivity index (χ1v) is 9.91. The van der Waals surface area contributed by atoms with E-state index in [9.17, 15) is 4.79 Å². The van der Waals surface area contributed by atoms with Crippen molar-refractivity contribution in [3.8, 4) is 17.0 Å². The van der Waals surface area contributed by atoms with Gasteiger partial charge in [-0.2, -0.15) is 0 Å². The number of nitrogens with one attached hydrogen (secondary N) is 2. The number of nitrogens with zero attached hydrogens (tertiary/aromatic N) is 1. The van der Waals surface area contributed by atoms with E-state index in [2.05, 4.69) is 22.5 Å². The van der Waals surface area contributed by atoms with Gasteiger partial charge in [0.2, 0.25) is 0 Å². The van der Waals surface area contributed by atoms with Crippen LogP contribution in [-0.2, 0) is 6.42 Å². The Labute approximate surface area is 168 Å². The second-order valence-electron chi connectivity index (χ2n) is 6.07. The summed E-state index contributed by atoms with van der Waals surface area (Å²) in [7, 11) is 1.57. The monoisotopic (exact) mass is 397 g/mol. The number of methoxy groups -OCH3 is 1. The lowest BCUT2D eigenvalue weighted by Crippen LogP contribution is -2.16. The second kappa shape index (κ2) is 9.34. The van der Waals surface area contributed by atoms with E-state index in [0.29, 0.717) is 29.2 Å². The molecule has 3 rings (SSSR count). The molecule has 2 aromatic carbocycles. The van der Waals surface area contributed by atoms with E-state index in [4.69, 9.17) is 9.84 Å². The Morgan fingerprint density at radius 1 is 1.21 bits per heavy atom. The number of ether oxygens (including phenoxy) is 1. The van der Waals surface area contributed by atoms with Gasteiger partial charge in [-0.15, -0.1) is 11.3 Å². The number of thiazole rings is 1. The Morgan fingerprint density at radius 2 is 2.00 bits per heavy atom. The Kier molecular flexibility index (Phi) is 6.62. The molecule has 28 heavy (non-hydrogen) atoms. The van der Waals surface area contributed by atoms with Crippen molar-refractivity contribution in [1.82, 2.24) is 4.98 Å². The van der Waals surface area contributed by atoms with Gasteiger partial charge in [-0.1, -0.05) is 19.1 Å². The zero-order valence-corrected chi connectivity index (χ0v) is 16.7. The smallest absolute Gasteiger partial charge is 0.257 e. The number of aliphatic hydroxyl groups is 1. The van der Waals surface area contributed by atoms with Gasteiger partial charge >= 0.3 is 0 Å². The van der Waals surface area contributed by atoms with Gasteiger partial charge in [0.25, 0.3) is 5.91 Å². The second-order valence-corrected chi connectivity index (χ2v) is 7.02. The number of hydrogen-bond acceptors (Lipinski definition) is 6. The molecule has 1 aromatic heterocycles. The van der Waals surface area contributed by atoms with Crippen molar-refractivity contribution < 1.29 is 14.6 Å². The van der Waals surface area contributed by atoms with Crippen LogP contribution in [0, 0.1) is 0 Å². The van der Waals surface area contributed by atoms with Crippen LogP contribution in [-0.4, -0.2) is 36.3 Å². The predicted octanol–water partition coefficient (Wildman–Crippen LogP) is 4.04. The zero-order valence-electron chi connectivity index (χ0n) is 15.9. The number of amides is 1. The van der Waals surface area contributed by atoms with Crippen molar-refractivity contribution in [2.45, 2.75) is 13.3 Å². The molecule has 0 radical (unpaired) electrons. The van der Waals surface area contributed by atoms with Crippen molar-refractivity contribution in [3.05, 3.63) is 58.4 Å². The number of benzene rings is 2.